The third-order valence-corrected chi connectivity index (χ3v) is 5.81. The summed E-state index contributed by atoms with van der Waals surface area (Å²) in [6.07, 6.45) is 10.7. The summed E-state index contributed by atoms with van der Waals surface area (Å²) in [6, 6.07) is 0. The lowest BCUT2D eigenvalue weighted by atomic mass is 9.83. The Kier molecular flexibility index (Phi) is 6.97. The van der Waals surface area contributed by atoms with E-state index in [1.165, 1.54) is 84.1 Å². The Bertz CT molecular complexity index is 272. The van der Waals surface area contributed by atoms with E-state index < -0.39 is 0 Å². The molecule has 2 N–H and O–H groups in total. The molecular weight excluding hydrogens is 258 g/mol. The molecule has 2 aliphatic rings. The minimum Gasteiger partial charge on any atom is -0.329 e. The molecule has 2 rings (SSSR count). The predicted molar refractivity (Wildman–Crippen MR) is 91.6 cm³/mol. The molecule has 0 aromatic rings. The Hall–Kier alpha value is -0.120. The number of hydrogen-bond acceptors (Lipinski definition) is 3. The monoisotopic (exact) mass is 295 g/mol. The lowest BCUT2D eigenvalue weighted by Gasteiger charge is -2.47. The summed E-state index contributed by atoms with van der Waals surface area (Å²) in [5.74, 6) is 0.929. The number of nitrogens with zero attached hydrogens (tertiary/aromatic N) is 2. The van der Waals surface area contributed by atoms with Crippen molar-refractivity contribution in [2.24, 2.45) is 11.7 Å². The molecule has 0 amide bonds. The Morgan fingerprint density at radius 1 is 0.952 bits per heavy atom. The number of piperidine rings is 1. The number of rotatable bonds is 8. The van der Waals surface area contributed by atoms with Gasteiger partial charge in [-0.05, 0) is 70.6 Å². The van der Waals surface area contributed by atoms with Gasteiger partial charge in [0.15, 0.2) is 0 Å². The van der Waals surface area contributed by atoms with Gasteiger partial charge in [-0.3, -0.25) is 4.90 Å². The predicted octanol–water partition coefficient (Wildman–Crippen LogP) is 3.09. The van der Waals surface area contributed by atoms with Crippen LogP contribution >= 0.6 is 0 Å². The van der Waals surface area contributed by atoms with Crippen molar-refractivity contribution in [3.8, 4) is 0 Å². The fourth-order valence-corrected chi connectivity index (χ4v) is 4.63. The van der Waals surface area contributed by atoms with Crippen molar-refractivity contribution in [1.82, 2.24) is 9.80 Å². The zero-order chi connectivity index (χ0) is 15.1. The van der Waals surface area contributed by atoms with Crippen LogP contribution in [0.1, 0.15) is 65.2 Å². The normalized spacial score (nSPS) is 23.0. The Balaban J connectivity index is 1.84. The van der Waals surface area contributed by atoms with Gasteiger partial charge in [0, 0.05) is 18.6 Å². The molecule has 21 heavy (non-hydrogen) atoms. The highest BCUT2D eigenvalue weighted by molar-refractivity contribution is 4.93. The van der Waals surface area contributed by atoms with Crippen molar-refractivity contribution >= 4 is 0 Å². The Morgan fingerprint density at radius 3 is 2.00 bits per heavy atom. The third-order valence-electron chi connectivity index (χ3n) is 5.81. The van der Waals surface area contributed by atoms with Crippen LogP contribution in [0.2, 0.25) is 0 Å². The molecule has 0 atom stereocenters. The van der Waals surface area contributed by atoms with Crippen LogP contribution in [0.4, 0.5) is 0 Å². The van der Waals surface area contributed by atoms with Crippen LogP contribution in [0, 0.1) is 5.92 Å². The van der Waals surface area contributed by atoms with Gasteiger partial charge in [0.25, 0.3) is 0 Å². The fourth-order valence-electron chi connectivity index (χ4n) is 4.63. The molecule has 2 heterocycles. The van der Waals surface area contributed by atoms with Gasteiger partial charge in [0.05, 0.1) is 0 Å². The standard InChI is InChI=1S/C18H37N3/c1-3-9-18(16-19,10-4-2)21-13-7-17(8-14-21)15-20-11-5-6-12-20/h17H,3-16,19H2,1-2H3. The SMILES string of the molecule is CCCC(CN)(CCC)N1CCC(CN2CCCC2)CC1. The van der Waals surface area contributed by atoms with Gasteiger partial charge < -0.3 is 10.6 Å². The summed E-state index contributed by atoms with van der Waals surface area (Å²) in [5, 5.41) is 0. The van der Waals surface area contributed by atoms with E-state index in [9.17, 15) is 0 Å². The molecule has 2 saturated heterocycles. The average molecular weight is 296 g/mol. The van der Waals surface area contributed by atoms with E-state index in [1.54, 1.807) is 0 Å². The highest BCUT2D eigenvalue weighted by Gasteiger charge is 2.36. The van der Waals surface area contributed by atoms with Gasteiger partial charge in [-0.15, -0.1) is 0 Å². The van der Waals surface area contributed by atoms with Crippen molar-refractivity contribution in [1.29, 1.82) is 0 Å². The Labute approximate surface area is 132 Å². The maximum Gasteiger partial charge on any atom is 0.0331 e. The lowest BCUT2D eigenvalue weighted by molar-refractivity contribution is 0.0346. The number of nitrogens with two attached hydrogens (primary N) is 1. The zero-order valence-corrected chi connectivity index (χ0v) is 14.4. The summed E-state index contributed by atoms with van der Waals surface area (Å²) in [6.45, 7) is 12.0. The van der Waals surface area contributed by atoms with Crippen molar-refractivity contribution < 1.29 is 0 Å². The smallest absolute Gasteiger partial charge is 0.0331 e. The summed E-state index contributed by atoms with van der Waals surface area (Å²) in [5.41, 5.74) is 6.52. The second-order valence-electron chi connectivity index (χ2n) is 7.37. The van der Waals surface area contributed by atoms with E-state index in [0.29, 0.717) is 5.54 Å². The van der Waals surface area contributed by atoms with E-state index in [4.69, 9.17) is 5.73 Å². The molecule has 0 radical (unpaired) electrons. The molecule has 124 valence electrons. The molecule has 0 saturated carbocycles. The highest BCUT2D eigenvalue weighted by Crippen LogP contribution is 2.31. The molecule has 0 unspecified atom stereocenters. The zero-order valence-electron chi connectivity index (χ0n) is 14.4. The van der Waals surface area contributed by atoms with E-state index in [-0.39, 0.29) is 0 Å². The van der Waals surface area contributed by atoms with Gasteiger partial charge in [-0.2, -0.15) is 0 Å². The minimum atomic E-state index is 0.294. The van der Waals surface area contributed by atoms with Crippen LogP contribution in [0.25, 0.3) is 0 Å². The molecule has 2 fully saturated rings. The van der Waals surface area contributed by atoms with Crippen LogP contribution in [0.5, 0.6) is 0 Å². The van der Waals surface area contributed by atoms with Crippen molar-refractivity contribution in [3.63, 3.8) is 0 Å². The quantitative estimate of drug-likeness (QED) is 0.747. The second kappa shape index (κ2) is 8.50. The first-order valence-electron chi connectivity index (χ1n) is 9.41. The van der Waals surface area contributed by atoms with E-state index in [1.807, 2.05) is 0 Å². The third kappa shape index (κ3) is 4.43. The summed E-state index contributed by atoms with van der Waals surface area (Å²) in [4.78, 5) is 5.44. The molecule has 3 heteroatoms. The van der Waals surface area contributed by atoms with Gasteiger partial charge in [0.2, 0.25) is 0 Å². The van der Waals surface area contributed by atoms with Crippen molar-refractivity contribution in [3.05, 3.63) is 0 Å². The highest BCUT2D eigenvalue weighted by atomic mass is 15.2. The summed E-state index contributed by atoms with van der Waals surface area (Å²) in [7, 11) is 0. The summed E-state index contributed by atoms with van der Waals surface area (Å²) < 4.78 is 0. The average Bonchev–Trinajstić information content (AvgIpc) is 3.01. The first kappa shape index (κ1) is 17.2. The number of hydrogen-bond donors (Lipinski definition) is 1. The Morgan fingerprint density at radius 2 is 1.52 bits per heavy atom. The van der Waals surface area contributed by atoms with Crippen LogP contribution in [-0.2, 0) is 0 Å². The first-order chi connectivity index (χ1) is 10.2. The van der Waals surface area contributed by atoms with E-state index >= 15 is 0 Å². The van der Waals surface area contributed by atoms with Gasteiger partial charge in [-0.25, -0.2) is 0 Å². The van der Waals surface area contributed by atoms with Crippen LogP contribution in [-0.4, -0.2) is 54.6 Å². The topological polar surface area (TPSA) is 32.5 Å². The molecule has 0 aliphatic carbocycles. The molecule has 0 aromatic heterocycles. The van der Waals surface area contributed by atoms with Gasteiger partial charge in [0.1, 0.15) is 0 Å². The molecule has 2 aliphatic heterocycles. The molecular formula is C18H37N3. The van der Waals surface area contributed by atoms with Crippen molar-refractivity contribution in [2.45, 2.75) is 70.8 Å². The van der Waals surface area contributed by atoms with Gasteiger partial charge in [-0.1, -0.05) is 26.7 Å². The van der Waals surface area contributed by atoms with E-state index in [0.717, 1.165) is 12.5 Å². The molecule has 0 bridgehead atoms. The lowest BCUT2D eigenvalue weighted by Crippen LogP contribution is -2.56. The molecule has 0 aromatic carbocycles. The molecule has 0 spiro atoms. The fraction of sp³-hybridized carbons (Fsp3) is 1.00. The minimum absolute atomic E-state index is 0.294. The van der Waals surface area contributed by atoms with Crippen LogP contribution in [0.3, 0.4) is 0 Å². The maximum absolute atomic E-state index is 6.23. The van der Waals surface area contributed by atoms with Crippen LogP contribution < -0.4 is 5.73 Å². The largest absolute Gasteiger partial charge is 0.329 e. The van der Waals surface area contributed by atoms with Gasteiger partial charge >= 0.3 is 0 Å². The second-order valence-corrected chi connectivity index (χ2v) is 7.37. The number of likely N-dealkylation sites (tertiary alicyclic amines) is 2. The van der Waals surface area contributed by atoms with Crippen molar-refractivity contribution in [2.75, 3.05) is 39.3 Å². The summed E-state index contributed by atoms with van der Waals surface area (Å²) >= 11 is 0. The maximum atomic E-state index is 6.23. The first-order valence-corrected chi connectivity index (χ1v) is 9.41. The van der Waals surface area contributed by atoms with E-state index in [2.05, 4.69) is 23.6 Å². The molecule has 3 nitrogen and oxygen atoms in total. The van der Waals surface area contributed by atoms with Crippen LogP contribution in [0.15, 0.2) is 0 Å².